The largest absolute Gasteiger partial charge is 0.276 e. The quantitative estimate of drug-likeness (QED) is 0.594. The van der Waals surface area contributed by atoms with Crippen molar-refractivity contribution in [3.63, 3.8) is 0 Å². The number of halogens is 1. The van der Waals surface area contributed by atoms with Crippen molar-refractivity contribution in [3.8, 4) is 5.69 Å². The summed E-state index contributed by atoms with van der Waals surface area (Å²) in [5.74, 6) is 0.872. The highest BCUT2D eigenvalue weighted by Gasteiger charge is 2.21. The minimum absolute atomic E-state index is 0.507. The van der Waals surface area contributed by atoms with Crippen molar-refractivity contribution < 1.29 is 0 Å². The molecule has 1 aliphatic rings. The second-order valence-electron chi connectivity index (χ2n) is 5.54. The van der Waals surface area contributed by atoms with Gasteiger partial charge in [0.2, 0.25) is 4.77 Å². The van der Waals surface area contributed by atoms with E-state index in [1.165, 1.54) is 0 Å². The van der Waals surface area contributed by atoms with Gasteiger partial charge < -0.3 is 0 Å². The summed E-state index contributed by atoms with van der Waals surface area (Å²) in [6.07, 6.45) is 0. The molecule has 0 bridgehead atoms. The first-order chi connectivity index (χ1) is 11.7. The Labute approximate surface area is 153 Å². The van der Waals surface area contributed by atoms with E-state index in [1.54, 1.807) is 0 Å². The summed E-state index contributed by atoms with van der Waals surface area (Å²) in [6, 6.07) is 16.4. The Kier molecular flexibility index (Phi) is 3.94. The zero-order valence-electron chi connectivity index (χ0n) is 13.1. The number of aryl methyl sites for hydroxylation is 1. The van der Waals surface area contributed by atoms with Gasteiger partial charge in [-0.05, 0) is 37.3 Å². The predicted molar refractivity (Wildman–Crippen MR) is 102 cm³/mol. The summed E-state index contributed by atoms with van der Waals surface area (Å²) in [7, 11) is 0. The Bertz CT molecular complexity index is 1000. The monoisotopic (exact) mass is 398 g/mol. The van der Waals surface area contributed by atoms with Gasteiger partial charge in [-0.3, -0.25) is 9.56 Å². The Hall–Kier alpha value is -2.05. The zero-order valence-corrected chi connectivity index (χ0v) is 15.5. The van der Waals surface area contributed by atoms with E-state index >= 15 is 0 Å². The van der Waals surface area contributed by atoms with Gasteiger partial charge in [-0.2, -0.15) is 5.10 Å². The minimum Gasteiger partial charge on any atom is -0.276 e. The van der Waals surface area contributed by atoms with Crippen molar-refractivity contribution in [3.05, 3.63) is 74.7 Å². The maximum Gasteiger partial charge on any atom is 0.202 e. The van der Waals surface area contributed by atoms with E-state index in [9.17, 15) is 0 Å². The van der Waals surface area contributed by atoms with Crippen LogP contribution in [0, 0.1) is 4.77 Å². The highest BCUT2D eigenvalue weighted by atomic mass is 79.9. The normalized spacial score (nSPS) is 13.0. The number of aromatic nitrogens is 3. The third kappa shape index (κ3) is 2.46. The van der Waals surface area contributed by atoms with Crippen LogP contribution in [0.1, 0.15) is 23.9 Å². The molecule has 24 heavy (non-hydrogen) atoms. The molecule has 0 amide bonds. The standard InChI is InChI=1S/C18H15BrN4S/c1-2-22-18(24)23-15-9-8-13(19)10-14(15)17(20-11-16(23)21-22)12-6-4-3-5-7-12/h3-10H,2,11H2,1H3. The molecule has 0 saturated heterocycles. The van der Waals surface area contributed by atoms with Crippen LogP contribution in [0.25, 0.3) is 5.69 Å². The van der Waals surface area contributed by atoms with Gasteiger partial charge in [0.1, 0.15) is 6.54 Å². The van der Waals surface area contributed by atoms with Crippen LogP contribution >= 0.6 is 28.1 Å². The van der Waals surface area contributed by atoms with Gasteiger partial charge in [0.05, 0.1) is 11.4 Å². The topological polar surface area (TPSA) is 35.1 Å². The van der Waals surface area contributed by atoms with Crippen LogP contribution in [0.4, 0.5) is 0 Å². The van der Waals surface area contributed by atoms with Crippen LogP contribution in [-0.4, -0.2) is 20.1 Å². The number of fused-ring (bicyclic) bond motifs is 3. The van der Waals surface area contributed by atoms with E-state index in [4.69, 9.17) is 17.2 Å². The summed E-state index contributed by atoms with van der Waals surface area (Å²) in [5, 5.41) is 4.63. The average molecular weight is 399 g/mol. The molecule has 1 aliphatic heterocycles. The summed E-state index contributed by atoms with van der Waals surface area (Å²) in [5.41, 5.74) is 4.14. The predicted octanol–water partition coefficient (Wildman–Crippen LogP) is 4.54. The maximum absolute atomic E-state index is 5.64. The number of aliphatic imine (C=N–C) groups is 1. The number of rotatable bonds is 2. The Morgan fingerprint density at radius 3 is 2.71 bits per heavy atom. The average Bonchev–Trinajstić information content (AvgIpc) is 2.83. The van der Waals surface area contributed by atoms with E-state index in [1.807, 2.05) is 40.4 Å². The second-order valence-corrected chi connectivity index (χ2v) is 6.82. The molecule has 0 spiro atoms. The molecule has 2 aromatic carbocycles. The van der Waals surface area contributed by atoms with Crippen molar-refractivity contribution in [1.82, 2.24) is 14.3 Å². The molecule has 0 aliphatic carbocycles. The Balaban J connectivity index is 2.02. The molecule has 0 atom stereocenters. The molecule has 6 heteroatoms. The molecule has 0 unspecified atom stereocenters. The lowest BCUT2D eigenvalue weighted by Gasteiger charge is -2.12. The van der Waals surface area contributed by atoms with Gasteiger partial charge >= 0.3 is 0 Å². The van der Waals surface area contributed by atoms with Gasteiger partial charge in [0.15, 0.2) is 5.82 Å². The van der Waals surface area contributed by atoms with Crippen molar-refractivity contribution in [2.75, 3.05) is 0 Å². The van der Waals surface area contributed by atoms with Gasteiger partial charge in [0, 0.05) is 22.1 Å². The molecular formula is C18H15BrN4S. The third-order valence-corrected chi connectivity index (χ3v) is 4.97. The Morgan fingerprint density at radius 1 is 1.17 bits per heavy atom. The van der Waals surface area contributed by atoms with E-state index in [0.29, 0.717) is 11.3 Å². The third-order valence-electron chi connectivity index (χ3n) is 4.09. The molecule has 0 saturated carbocycles. The van der Waals surface area contributed by atoms with Crippen LogP contribution in [0.5, 0.6) is 0 Å². The number of hydrogen-bond acceptors (Lipinski definition) is 3. The summed E-state index contributed by atoms with van der Waals surface area (Å²) >= 11 is 9.22. The van der Waals surface area contributed by atoms with Crippen molar-refractivity contribution in [2.24, 2.45) is 4.99 Å². The lowest BCUT2D eigenvalue weighted by atomic mass is 10.0. The first-order valence-corrected chi connectivity index (χ1v) is 8.98. The molecule has 120 valence electrons. The summed E-state index contributed by atoms with van der Waals surface area (Å²) in [6.45, 7) is 3.30. The van der Waals surface area contributed by atoms with Crippen LogP contribution in [0.2, 0.25) is 0 Å². The lowest BCUT2D eigenvalue weighted by molar-refractivity contribution is 0.638. The highest BCUT2D eigenvalue weighted by molar-refractivity contribution is 9.10. The van der Waals surface area contributed by atoms with Crippen LogP contribution < -0.4 is 0 Å². The number of benzene rings is 2. The van der Waals surface area contributed by atoms with Crippen molar-refractivity contribution >= 4 is 33.9 Å². The fourth-order valence-corrected chi connectivity index (χ4v) is 3.71. The fourth-order valence-electron chi connectivity index (χ4n) is 2.97. The molecule has 3 aromatic rings. The van der Waals surface area contributed by atoms with Crippen LogP contribution in [-0.2, 0) is 13.1 Å². The van der Waals surface area contributed by atoms with Gasteiger partial charge in [-0.1, -0.05) is 46.3 Å². The molecule has 0 fully saturated rings. The molecule has 0 radical (unpaired) electrons. The molecule has 4 nitrogen and oxygen atoms in total. The summed E-state index contributed by atoms with van der Waals surface area (Å²) in [4.78, 5) is 4.86. The molecular weight excluding hydrogens is 384 g/mol. The van der Waals surface area contributed by atoms with E-state index in [2.05, 4.69) is 45.3 Å². The summed E-state index contributed by atoms with van der Waals surface area (Å²) < 4.78 is 5.61. The molecule has 4 rings (SSSR count). The molecule has 2 heterocycles. The highest BCUT2D eigenvalue weighted by Crippen LogP contribution is 2.28. The van der Waals surface area contributed by atoms with Crippen molar-refractivity contribution in [2.45, 2.75) is 20.0 Å². The van der Waals surface area contributed by atoms with E-state index < -0.39 is 0 Å². The lowest BCUT2D eigenvalue weighted by Crippen LogP contribution is -2.08. The SMILES string of the molecule is CCn1nc2n(c1=S)-c1ccc(Br)cc1C(c1ccccc1)=NC2. The van der Waals surface area contributed by atoms with Gasteiger partial charge in [-0.15, -0.1) is 0 Å². The fraction of sp³-hybridized carbons (Fsp3) is 0.167. The minimum atomic E-state index is 0.507. The van der Waals surface area contributed by atoms with Gasteiger partial charge in [-0.25, -0.2) is 4.68 Å². The number of hydrogen-bond donors (Lipinski definition) is 0. The van der Waals surface area contributed by atoms with Crippen LogP contribution in [0.3, 0.4) is 0 Å². The van der Waals surface area contributed by atoms with E-state index in [0.717, 1.165) is 39.4 Å². The number of nitrogens with zero attached hydrogens (tertiary/aromatic N) is 4. The zero-order chi connectivity index (χ0) is 16.7. The smallest absolute Gasteiger partial charge is 0.202 e. The maximum atomic E-state index is 5.64. The van der Waals surface area contributed by atoms with Gasteiger partial charge in [0.25, 0.3) is 0 Å². The molecule has 0 N–H and O–H groups in total. The molecule has 1 aromatic heterocycles. The first kappa shape index (κ1) is 15.5. The Morgan fingerprint density at radius 2 is 1.96 bits per heavy atom. The first-order valence-electron chi connectivity index (χ1n) is 7.78. The van der Waals surface area contributed by atoms with E-state index in [-0.39, 0.29) is 0 Å². The van der Waals surface area contributed by atoms with Crippen molar-refractivity contribution in [1.29, 1.82) is 0 Å². The van der Waals surface area contributed by atoms with Crippen LogP contribution in [0.15, 0.2) is 58.0 Å². The second kappa shape index (κ2) is 6.11.